The molecule has 8 heteroatoms. The maximum Gasteiger partial charge on any atom is 0.152 e. The first-order chi connectivity index (χ1) is 9.27. The van der Waals surface area contributed by atoms with Crippen LogP contribution in [-0.4, -0.2) is 33.5 Å². The lowest BCUT2D eigenvalue weighted by Gasteiger charge is -2.16. The van der Waals surface area contributed by atoms with Gasteiger partial charge >= 0.3 is 0 Å². The number of hydrogen-bond acceptors (Lipinski definition) is 6. The molecule has 0 spiro atoms. The number of rotatable bonds is 6. The monoisotopic (exact) mass is 282 g/mol. The molecule has 0 aliphatic heterocycles. The van der Waals surface area contributed by atoms with Gasteiger partial charge in [-0.2, -0.15) is 5.10 Å². The third kappa shape index (κ3) is 3.07. The lowest BCUT2D eigenvalue weighted by Crippen LogP contribution is -2.32. The Bertz CT molecular complexity index is 517. The number of nitrogens with two attached hydrogens (primary N) is 1. The molecule has 0 saturated carbocycles. The second-order valence-corrected chi connectivity index (χ2v) is 4.21. The van der Waals surface area contributed by atoms with Crippen LogP contribution in [0.25, 0.3) is 0 Å². The van der Waals surface area contributed by atoms with Gasteiger partial charge in [0.15, 0.2) is 5.82 Å². The first-order valence-electron chi connectivity index (χ1n) is 5.71. The van der Waals surface area contributed by atoms with Gasteiger partial charge in [0.2, 0.25) is 0 Å². The Labute approximate surface area is 115 Å². The third-order valence-electron chi connectivity index (χ3n) is 2.62. The highest BCUT2D eigenvalue weighted by Crippen LogP contribution is 2.25. The summed E-state index contributed by atoms with van der Waals surface area (Å²) in [5, 5.41) is 4.71. The van der Waals surface area contributed by atoms with Crippen LogP contribution in [0.1, 0.15) is 17.6 Å². The maximum absolute atomic E-state index is 6.17. The molecule has 0 amide bonds. The third-order valence-corrected chi connectivity index (χ3v) is 2.92. The molecule has 1 atom stereocenters. The highest BCUT2D eigenvalue weighted by molar-refractivity contribution is 6.31. The van der Waals surface area contributed by atoms with Gasteiger partial charge in [-0.15, -0.1) is 0 Å². The zero-order valence-corrected chi connectivity index (χ0v) is 11.2. The predicted molar refractivity (Wildman–Crippen MR) is 70.3 cm³/mol. The molecular formula is C11H15ClN6O. The van der Waals surface area contributed by atoms with E-state index in [1.807, 2.05) is 0 Å². The zero-order valence-electron chi connectivity index (χ0n) is 10.5. The van der Waals surface area contributed by atoms with Gasteiger partial charge < -0.3 is 4.74 Å². The second-order valence-electron chi connectivity index (χ2n) is 3.80. The van der Waals surface area contributed by atoms with Crippen molar-refractivity contribution < 1.29 is 4.74 Å². The van der Waals surface area contributed by atoms with E-state index in [0.29, 0.717) is 29.7 Å². The molecule has 0 aromatic carbocycles. The van der Waals surface area contributed by atoms with E-state index in [2.05, 4.69) is 20.5 Å². The van der Waals surface area contributed by atoms with E-state index in [0.717, 1.165) is 0 Å². The van der Waals surface area contributed by atoms with E-state index in [-0.39, 0.29) is 0 Å². The highest BCUT2D eigenvalue weighted by atomic mass is 35.5. The average molecular weight is 283 g/mol. The van der Waals surface area contributed by atoms with Crippen molar-refractivity contribution >= 4 is 11.6 Å². The minimum Gasteiger partial charge on any atom is -0.383 e. The molecule has 0 aliphatic rings. The number of nitrogens with one attached hydrogen (secondary N) is 1. The fourth-order valence-electron chi connectivity index (χ4n) is 1.75. The van der Waals surface area contributed by atoms with Crippen LogP contribution in [-0.2, 0) is 11.3 Å². The normalized spacial score (nSPS) is 12.6. The standard InChI is InChI=1S/C11H15ClN6O/c1-19-6-5-18-10(8(12)7-16-18)9(17-13)11-14-3-2-4-15-11/h2-4,7,9,17H,5-6,13H2,1H3. The Morgan fingerprint density at radius 2 is 2.21 bits per heavy atom. The molecule has 1 unspecified atom stereocenters. The molecule has 2 rings (SSSR count). The Morgan fingerprint density at radius 1 is 1.47 bits per heavy atom. The van der Waals surface area contributed by atoms with Gasteiger partial charge in [-0.1, -0.05) is 11.6 Å². The molecule has 2 aromatic heterocycles. The smallest absolute Gasteiger partial charge is 0.152 e. The van der Waals surface area contributed by atoms with E-state index < -0.39 is 6.04 Å². The lowest BCUT2D eigenvalue weighted by molar-refractivity contribution is 0.182. The van der Waals surface area contributed by atoms with Crippen LogP contribution in [0.4, 0.5) is 0 Å². The molecule has 7 nitrogen and oxygen atoms in total. The fraction of sp³-hybridized carbons (Fsp3) is 0.364. The summed E-state index contributed by atoms with van der Waals surface area (Å²) in [4.78, 5) is 8.37. The number of nitrogens with zero attached hydrogens (tertiary/aromatic N) is 4. The molecular weight excluding hydrogens is 268 g/mol. The van der Waals surface area contributed by atoms with Gasteiger partial charge in [-0.3, -0.25) is 10.5 Å². The summed E-state index contributed by atoms with van der Waals surface area (Å²) >= 11 is 6.17. The van der Waals surface area contributed by atoms with E-state index >= 15 is 0 Å². The number of hydrogen-bond donors (Lipinski definition) is 2. The molecule has 0 fully saturated rings. The van der Waals surface area contributed by atoms with Crippen LogP contribution in [0.5, 0.6) is 0 Å². The van der Waals surface area contributed by atoms with Crippen LogP contribution in [0, 0.1) is 0 Å². The van der Waals surface area contributed by atoms with E-state index in [1.165, 1.54) is 0 Å². The summed E-state index contributed by atoms with van der Waals surface area (Å²) in [6.45, 7) is 1.10. The second kappa shape index (κ2) is 6.58. The summed E-state index contributed by atoms with van der Waals surface area (Å²) in [5.41, 5.74) is 3.38. The van der Waals surface area contributed by atoms with Crippen LogP contribution >= 0.6 is 11.6 Å². The Balaban J connectivity index is 2.35. The zero-order chi connectivity index (χ0) is 13.7. The predicted octanol–water partition coefficient (Wildman–Crippen LogP) is 0.526. The number of aromatic nitrogens is 4. The van der Waals surface area contributed by atoms with Gasteiger partial charge in [0.25, 0.3) is 0 Å². The molecule has 19 heavy (non-hydrogen) atoms. The van der Waals surface area contributed by atoms with Crippen LogP contribution in [0.3, 0.4) is 0 Å². The Kier molecular flexibility index (Phi) is 4.80. The van der Waals surface area contributed by atoms with Gasteiger partial charge in [-0.25, -0.2) is 15.4 Å². The summed E-state index contributed by atoms with van der Waals surface area (Å²) in [6.07, 6.45) is 4.87. The van der Waals surface area contributed by atoms with Crippen molar-refractivity contribution in [3.8, 4) is 0 Å². The molecule has 2 heterocycles. The van der Waals surface area contributed by atoms with Gasteiger partial charge in [0.05, 0.1) is 30.1 Å². The minimum atomic E-state index is -0.423. The fourth-order valence-corrected chi connectivity index (χ4v) is 2.00. The number of methoxy groups -OCH3 is 1. The van der Waals surface area contributed by atoms with Crippen molar-refractivity contribution in [2.75, 3.05) is 13.7 Å². The van der Waals surface area contributed by atoms with Crippen molar-refractivity contribution in [2.24, 2.45) is 5.84 Å². The number of hydrazine groups is 1. The minimum absolute atomic E-state index is 0.423. The summed E-state index contributed by atoms with van der Waals surface area (Å²) in [6, 6.07) is 1.31. The average Bonchev–Trinajstić information content (AvgIpc) is 2.80. The first kappa shape index (κ1) is 13.9. The molecule has 0 radical (unpaired) electrons. The lowest BCUT2D eigenvalue weighted by atomic mass is 10.2. The van der Waals surface area contributed by atoms with E-state index in [1.54, 1.807) is 36.4 Å². The van der Waals surface area contributed by atoms with Crippen LogP contribution in [0.15, 0.2) is 24.7 Å². The molecule has 0 aliphatic carbocycles. The summed E-state index contributed by atoms with van der Waals surface area (Å²) in [7, 11) is 1.63. The number of ether oxygens (including phenoxy) is 1. The van der Waals surface area contributed by atoms with Crippen molar-refractivity contribution in [3.05, 3.63) is 41.2 Å². The Hall–Kier alpha value is -1.54. The van der Waals surface area contributed by atoms with Crippen molar-refractivity contribution in [2.45, 2.75) is 12.6 Å². The van der Waals surface area contributed by atoms with Gasteiger partial charge in [0.1, 0.15) is 6.04 Å². The molecule has 2 aromatic rings. The quantitative estimate of drug-likeness (QED) is 0.593. The van der Waals surface area contributed by atoms with Crippen molar-refractivity contribution in [3.63, 3.8) is 0 Å². The summed E-state index contributed by atoms with van der Waals surface area (Å²) < 4.78 is 6.77. The topological polar surface area (TPSA) is 90.9 Å². The van der Waals surface area contributed by atoms with Gasteiger partial charge in [-0.05, 0) is 6.07 Å². The maximum atomic E-state index is 6.17. The summed E-state index contributed by atoms with van der Waals surface area (Å²) in [5.74, 6) is 6.13. The van der Waals surface area contributed by atoms with Crippen molar-refractivity contribution in [1.29, 1.82) is 0 Å². The van der Waals surface area contributed by atoms with Crippen LogP contribution < -0.4 is 11.3 Å². The molecule has 102 valence electrons. The molecule has 0 bridgehead atoms. The van der Waals surface area contributed by atoms with Crippen molar-refractivity contribution in [1.82, 2.24) is 25.2 Å². The first-order valence-corrected chi connectivity index (χ1v) is 6.09. The molecule has 3 N–H and O–H groups in total. The number of halogens is 1. The van der Waals surface area contributed by atoms with E-state index in [9.17, 15) is 0 Å². The van der Waals surface area contributed by atoms with E-state index in [4.69, 9.17) is 22.2 Å². The Morgan fingerprint density at radius 3 is 2.84 bits per heavy atom. The highest BCUT2D eigenvalue weighted by Gasteiger charge is 2.23. The van der Waals surface area contributed by atoms with Gasteiger partial charge in [0, 0.05) is 19.5 Å². The molecule has 0 saturated heterocycles. The largest absolute Gasteiger partial charge is 0.383 e. The van der Waals surface area contributed by atoms with Crippen LogP contribution in [0.2, 0.25) is 5.02 Å². The SMILES string of the molecule is COCCn1ncc(Cl)c1C(NN)c1ncccn1.